The molecule has 5 heteroatoms. The molecule has 2 N–H and O–H groups in total. The van der Waals surface area contributed by atoms with E-state index in [0.717, 1.165) is 25.0 Å². The van der Waals surface area contributed by atoms with Gasteiger partial charge in [0.1, 0.15) is 0 Å². The summed E-state index contributed by atoms with van der Waals surface area (Å²) in [5.41, 5.74) is 0.757. The minimum absolute atomic E-state index is 0.00183. The summed E-state index contributed by atoms with van der Waals surface area (Å²) in [6.07, 6.45) is 3.08. The Morgan fingerprint density at radius 3 is 3.00 bits per heavy atom. The molecule has 2 aliphatic rings. The van der Waals surface area contributed by atoms with Crippen LogP contribution >= 0.6 is 0 Å². The van der Waals surface area contributed by atoms with Crippen LogP contribution in [0.2, 0.25) is 0 Å². The van der Waals surface area contributed by atoms with Crippen LogP contribution in [0.25, 0.3) is 0 Å². The summed E-state index contributed by atoms with van der Waals surface area (Å²) in [6, 6.07) is 3.24. The van der Waals surface area contributed by atoms with Gasteiger partial charge in [-0.3, -0.25) is 4.79 Å². The SMILES string of the molecule is Cc1ccc(O)c(NC(=O)C2CC3CCC2O3)n1. The van der Waals surface area contributed by atoms with Crippen LogP contribution in [-0.2, 0) is 9.53 Å². The van der Waals surface area contributed by atoms with Gasteiger partial charge in [0.15, 0.2) is 11.6 Å². The maximum atomic E-state index is 12.1. The molecular formula is C13H16N2O3. The van der Waals surface area contributed by atoms with E-state index < -0.39 is 0 Å². The molecule has 2 fully saturated rings. The van der Waals surface area contributed by atoms with E-state index in [9.17, 15) is 9.90 Å². The lowest BCUT2D eigenvalue weighted by Gasteiger charge is -2.18. The molecule has 1 aromatic rings. The number of aromatic hydroxyl groups is 1. The summed E-state index contributed by atoms with van der Waals surface area (Å²) in [5.74, 6) is 0.0295. The fourth-order valence-corrected chi connectivity index (χ4v) is 2.76. The first-order valence-corrected chi connectivity index (χ1v) is 6.26. The van der Waals surface area contributed by atoms with Crippen LogP contribution in [0.3, 0.4) is 0 Å². The predicted molar refractivity (Wildman–Crippen MR) is 65.3 cm³/mol. The molecule has 0 aliphatic carbocycles. The predicted octanol–water partition coefficient (Wildman–Crippen LogP) is 1.60. The molecule has 3 atom stereocenters. The zero-order chi connectivity index (χ0) is 12.7. The average molecular weight is 248 g/mol. The zero-order valence-electron chi connectivity index (χ0n) is 10.2. The van der Waals surface area contributed by atoms with E-state index >= 15 is 0 Å². The minimum Gasteiger partial charge on any atom is -0.504 e. The summed E-state index contributed by atoms with van der Waals surface area (Å²) in [4.78, 5) is 16.2. The second-order valence-electron chi connectivity index (χ2n) is 5.03. The molecule has 2 saturated heterocycles. The van der Waals surface area contributed by atoms with E-state index in [-0.39, 0.29) is 35.6 Å². The third kappa shape index (κ3) is 1.95. The molecule has 5 nitrogen and oxygen atoms in total. The zero-order valence-corrected chi connectivity index (χ0v) is 10.2. The van der Waals surface area contributed by atoms with Crippen LogP contribution in [0.5, 0.6) is 5.75 Å². The number of nitrogens with one attached hydrogen (secondary N) is 1. The number of amides is 1. The second-order valence-corrected chi connectivity index (χ2v) is 5.03. The standard InChI is InChI=1S/C13H16N2O3/c1-7-2-4-10(16)12(14-7)15-13(17)9-6-8-3-5-11(9)18-8/h2,4,8-9,11,16H,3,5-6H2,1H3,(H,14,15,17). The number of aryl methyl sites for hydroxylation is 1. The number of nitrogens with zero attached hydrogens (tertiary/aromatic N) is 1. The molecular weight excluding hydrogens is 232 g/mol. The fraction of sp³-hybridized carbons (Fsp3) is 0.538. The maximum Gasteiger partial charge on any atom is 0.231 e. The highest BCUT2D eigenvalue weighted by Crippen LogP contribution is 2.39. The first-order chi connectivity index (χ1) is 8.63. The molecule has 0 spiro atoms. The molecule has 2 bridgehead atoms. The molecule has 0 saturated carbocycles. The third-order valence-corrected chi connectivity index (χ3v) is 3.70. The van der Waals surface area contributed by atoms with E-state index in [0.29, 0.717) is 0 Å². The molecule has 3 heterocycles. The van der Waals surface area contributed by atoms with Crippen LogP contribution < -0.4 is 5.32 Å². The van der Waals surface area contributed by atoms with Crippen LogP contribution in [0.1, 0.15) is 25.0 Å². The van der Waals surface area contributed by atoms with E-state index in [1.54, 1.807) is 6.07 Å². The largest absolute Gasteiger partial charge is 0.504 e. The first-order valence-electron chi connectivity index (χ1n) is 6.26. The lowest BCUT2D eigenvalue weighted by Crippen LogP contribution is -2.30. The smallest absolute Gasteiger partial charge is 0.231 e. The number of pyridine rings is 1. The summed E-state index contributed by atoms with van der Waals surface area (Å²) < 4.78 is 5.65. The lowest BCUT2D eigenvalue weighted by molar-refractivity contribution is -0.121. The van der Waals surface area contributed by atoms with Crippen molar-refractivity contribution < 1.29 is 14.6 Å². The highest BCUT2D eigenvalue weighted by Gasteiger charge is 2.44. The Hall–Kier alpha value is -1.62. The molecule has 96 valence electrons. The summed E-state index contributed by atoms with van der Waals surface area (Å²) in [6.45, 7) is 1.82. The quantitative estimate of drug-likeness (QED) is 0.834. The van der Waals surface area contributed by atoms with Gasteiger partial charge in [-0.15, -0.1) is 0 Å². The van der Waals surface area contributed by atoms with Crippen molar-refractivity contribution in [3.63, 3.8) is 0 Å². The van der Waals surface area contributed by atoms with Gasteiger partial charge in [-0.05, 0) is 38.3 Å². The summed E-state index contributed by atoms with van der Waals surface area (Å²) in [5, 5.41) is 12.3. The van der Waals surface area contributed by atoms with Crippen molar-refractivity contribution in [2.45, 2.75) is 38.4 Å². The Morgan fingerprint density at radius 2 is 2.33 bits per heavy atom. The van der Waals surface area contributed by atoms with Crippen molar-refractivity contribution in [3.8, 4) is 5.75 Å². The Labute approximate surface area is 105 Å². The highest BCUT2D eigenvalue weighted by atomic mass is 16.5. The number of aromatic nitrogens is 1. The van der Waals surface area contributed by atoms with Crippen molar-refractivity contribution in [3.05, 3.63) is 17.8 Å². The van der Waals surface area contributed by atoms with Crippen molar-refractivity contribution in [1.82, 2.24) is 4.98 Å². The van der Waals surface area contributed by atoms with Crippen LogP contribution in [0.15, 0.2) is 12.1 Å². The van der Waals surface area contributed by atoms with Crippen molar-refractivity contribution >= 4 is 11.7 Å². The van der Waals surface area contributed by atoms with Gasteiger partial charge in [0.25, 0.3) is 0 Å². The van der Waals surface area contributed by atoms with E-state index in [1.165, 1.54) is 6.07 Å². The van der Waals surface area contributed by atoms with Gasteiger partial charge >= 0.3 is 0 Å². The lowest BCUT2D eigenvalue weighted by atomic mass is 9.88. The molecule has 3 unspecified atom stereocenters. The van der Waals surface area contributed by atoms with E-state index in [4.69, 9.17) is 4.74 Å². The topological polar surface area (TPSA) is 71.5 Å². The molecule has 1 aromatic heterocycles. The molecule has 2 aliphatic heterocycles. The van der Waals surface area contributed by atoms with Gasteiger partial charge in [-0.25, -0.2) is 4.98 Å². The van der Waals surface area contributed by atoms with E-state index in [1.807, 2.05) is 6.92 Å². The van der Waals surface area contributed by atoms with Crippen molar-refractivity contribution in [2.75, 3.05) is 5.32 Å². The molecule has 0 aromatic carbocycles. The van der Waals surface area contributed by atoms with Gasteiger partial charge in [0.2, 0.25) is 5.91 Å². The minimum atomic E-state index is -0.106. The van der Waals surface area contributed by atoms with Crippen LogP contribution in [0, 0.1) is 12.8 Å². The molecule has 18 heavy (non-hydrogen) atoms. The number of anilines is 1. The van der Waals surface area contributed by atoms with Crippen LogP contribution in [0.4, 0.5) is 5.82 Å². The van der Waals surface area contributed by atoms with Gasteiger partial charge in [0, 0.05) is 5.69 Å². The summed E-state index contributed by atoms with van der Waals surface area (Å²) >= 11 is 0. The number of hydrogen-bond donors (Lipinski definition) is 2. The molecule has 0 radical (unpaired) electrons. The monoisotopic (exact) mass is 248 g/mol. The Bertz CT molecular complexity index is 489. The second kappa shape index (κ2) is 4.24. The summed E-state index contributed by atoms with van der Waals surface area (Å²) in [7, 11) is 0. The van der Waals surface area contributed by atoms with Crippen molar-refractivity contribution in [1.29, 1.82) is 0 Å². The van der Waals surface area contributed by atoms with Gasteiger partial charge in [-0.2, -0.15) is 0 Å². The number of hydrogen-bond acceptors (Lipinski definition) is 4. The first kappa shape index (κ1) is 11.5. The van der Waals surface area contributed by atoms with Gasteiger partial charge in [-0.1, -0.05) is 0 Å². The maximum absolute atomic E-state index is 12.1. The number of carbonyl (C=O) groups is 1. The third-order valence-electron chi connectivity index (χ3n) is 3.70. The molecule has 1 amide bonds. The number of carbonyl (C=O) groups excluding carboxylic acids is 1. The normalized spacial score (nSPS) is 29.5. The van der Waals surface area contributed by atoms with Gasteiger partial charge < -0.3 is 15.2 Å². The highest BCUT2D eigenvalue weighted by molar-refractivity contribution is 5.93. The number of rotatable bonds is 2. The van der Waals surface area contributed by atoms with Crippen molar-refractivity contribution in [2.24, 2.45) is 5.92 Å². The molecule has 3 rings (SSSR count). The Kier molecular flexibility index (Phi) is 2.70. The Balaban J connectivity index is 1.72. The Morgan fingerprint density at radius 1 is 1.50 bits per heavy atom. The number of fused-ring (bicyclic) bond motifs is 2. The fourth-order valence-electron chi connectivity index (χ4n) is 2.76. The van der Waals surface area contributed by atoms with Gasteiger partial charge in [0.05, 0.1) is 18.1 Å². The average Bonchev–Trinajstić information content (AvgIpc) is 2.96. The van der Waals surface area contributed by atoms with E-state index in [2.05, 4.69) is 10.3 Å². The van der Waals surface area contributed by atoms with Crippen LogP contribution in [-0.4, -0.2) is 28.2 Å². The number of ether oxygens (including phenoxy) is 1.